The van der Waals surface area contributed by atoms with Gasteiger partial charge in [-0.2, -0.15) is 0 Å². The number of benzene rings is 1. The quantitative estimate of drug-likeness (QED) is 0.368. The number of esters is 2. The first kappa shape index (κ1) is 19.0. The summed E-state index contributed by atoms with van der Waals surface area (Å²) in [6, 6.07) is 5.33. The van der Waals surface area contributed by atoms with Crippen LogP contribution in [-0.2, 0) is 9.59 Å². The first-order chi connectivity index (χ1) is 12.1. The van der Waals surface area contributed by atoms with Gasteiger partial charge in [-0.1, -0.05) is 39.5 Å². The van der Waals surface area contributed by atoms with E-state index in [0.29, 0.717) is 24.3 Å². The van der Waals surface area contributed by atoms with E-state index in [4.69, 9.17) is 9.47 Å². The largest absolute Gasteiger partial charge is 0.422 e. The third kappa shape index (κ3) is 5.93. The van der Waals surface area contributed by atoms with Crippen LogP contribution in [0.1, 0.15) is 65.2 Å². The van der Waals surface area contributed by atoms with Gasteiger partial charge in [0.1, 0.15) is 0 Å². The first-order valence-corrected chi connectivity index (χ1v) is 9.16. The molecule has 1 aromatic heterocycles. The van der Waals surface area contributed by atoms with Gasteiger partial charge in [0.05, 0.1) is 0 Å². The summed E-state index contributed by atoms with van der Waals surface area (Å²) in [6.45, 7) is 4.17. The molecule has 0 bridgehead atoms. The Morgan fingerprint density at radius 2 is 1.44 bits per heavy atom. The summed E-state index contributed by atoms with van der Waals surface area (Å²) in [7, 11) is 0. The Bertz CT molecular complexity index is 647. The average Bonchev–Trinajstić information content (AvgIpc) is 3.02. The van der Waals surface area contributed by atoms with Crippen molar-refractivity contribution in [3.8, 4) is 11.5 Å². The lowest BCUT2D eigenvalue weighted by atomic mass is 10.2. The summed E-state index contributed by atoms with van der Waals surface area (Å²) in [4.78, 5) is 27.2. The van der Waals surface area contributed by atoms with Gasteiger partial charge in [-0.25, -0.2) is 0 Å². The predicted molar refractivity (Wildman–Crippen MR) is 97.9 cm³/mol. The van der Waals surface area contributed by atoms with Crippen molar-refractivity contribution in [2.24, 2.45) is 0 Å². The Labute approximate surface area is 148 Å². The third-order valence-electron chi connectivity index (χ3n) is 4.03. The number of carbonyl (C=O) groups excluding carboxylic acids is 2. The normalized spacial score (nSPS) is 10.8. The molecule has 1 N–H and O–H groups in total. The van der Waals surface area contributed by atoms with Gasteiger partial charge >= 0.3 is 11.9 Å². The lowest BCUT2D eigenvalue weighted by molar-refractivity contribution is -0.137. The SMILES string of the molecule is CCCCCC(=O)Oc1cc2cc[nH]c2cc1OC(=O)CCCCC. The molecule has 0 aliphatic rings. The van der Waals surface area contributed by atoms with Crippen molar-refractivity contribution in [2.45, 2.75) is 65.2 Å². The van der Waals surface area contributed by atoms with Crippen LogP contribution in [0.2, 0.25) is 0 Å². The summed E-state index contributed by atoms with van der Waals surface area (Å²) in [5.41, 5.74) is 0.835. The Kier molecular flexibility index (Phi) is 7.51. The van der Waals surface area contributed by atoms with Gasteiger partial charge in [0.2, 0.25) is 0 Å². The summed E-state index contributed by atoms with van der Waals surface area (Å²) in [6.07, 6.45) is 8.19. The molecule has 0 saturated heterocycles. The second-order valence-corrected chi connectivity index (χ2v) is 6.23. The number of hydrogen-bond donors (Lipinski definition) is 1. The molecule has 5 heteroatoms. The number of aromatic nitrogens is 1. The van der Waals surface area contributed by atoms with Crippen molar-refractivity contribution in [3.05, 3.63) is 24.4 Å². The molecular formula is C20H27NO4. The number of aromatic amines is 1. The first-order valence-electron chi connectivity index (χ1n) is 9.16. The zero-order valence-corrected chi connectivity index (χ0v) is 15.1. The number of nitrogens with one attached hydrogen (secondary N) is 1. The van der Waals surface area contributed by atoms with Crippen LogP contribution in [0.3, 0.4) is 0 Å². The van der Waals surface area contributed by atoms with Crippen LogP contribution < -0.4 is 9.47 Å². The molecular weight excluding hydrogens is 318 g/mol. The number of unbranched alkanes of at least 4 members (excludes halogenated alkanes) is 4. The number of H-pyrrole nitrogens is 1. The fourth-order valence-electron chi connectivity index (χ4n) is 2.61. The zero-order chi connectivity index (χ0) is 18.1. The number of ether oxygens (including phenoxy) is 2. The molecule has 0 amide bonds. The molecule has 0 saturated carbocycles. The Hall–Kier alpha value is -2.30. The van der Waals surface area contributed by atoms with Crippen molar-refractivity contribution in [3.63, 3.8) is 0 Å². The second kappa shape index (κ2) is 9.87. The topological polar surface area (TPSA) is 68.4 Å². The molecule has 0 fully saturated rings. The molecule has 5 nitrogen and oxygen atoms in total. The van der Waals surface area contributed by atoms with Crippen LogP contribution >= 0.6 is 0 Å². The van der Waals surface area contributed by atoms with Crippen LogP contribution in [0, 0.1) is 0 Å². The van der Waals surface area contributed by atoms with Crippen molar-refractivity contribution >= 4 is 22.8 Å². The monoisotopic (exact) mass is 345 g/mol. The van der Waals surface area contributed by atoms with Gasteiger partial charge < -0.3 is 14.5 Å². The van der Waals surface area contributed by atoms with Gasteiger partial charge in [-0.15, -0.1) is 0 Å². The van der Waals surface area contributed by atoms with E-state index in [9.17, 15) is 9.59 Å². The standard InChI is InChI=1S/C20H27NO4/c1-3-5-7-9-19(22)24-17-13-15-11-12-21-16(15)14-18(17)25-20(23)10-8-6-4-2/h11-14,21H,3-10H2,1-2H3. The van der Waals surface area contributed by atoms with E-state index in [2.05, 4.69) is 18.8 Å². The van der Waals surface area contributed by atoms with Crippen molar-refractivity contribution in [1.82, 2.24) is 4.98 Å². The third-order valence-corrected chi connectivity index (χ3v) is 4.03. The lowest BCUT2D eigenvalue weighted by Gasteiger charge is -2.11. The maximum absolute atomic E-state index is 12.0. The molecule has 0 spiro atoms. The van der Waals surface area contributed by atoms with E-state index in [0.717, 1.165) is 49.4 Å². The van der Waals surface area contributed by atoms with E-state index in [1.807, 2.05) is 6.07 Å². The minimum Gasteiger partial charge on any atom is -0.422 e. The maximum Gasteiger partial charge on any atom is 0.311 e. The lowest BCUT2D eigenvalue weighted by Crippen LogP contribution is -2.12. The Morgan fingerprint density at radius 3 is 2.00 bits per heavy atom. The van der Waals surface area contributed by atoms with Gasteiger partial charge in [-0.3, -0.25) is 9.59 Å². The molecule has 1 heterocycles. The average molecular weight is 345 g/mol. The number of rotatable bonds is 10. The van der Waals surface area contributed by atoms with E-state index in [1.54, 1.807) is 18.3 Å². The summed E-state index contributed by atoms with van der Waals surface area (Å²) >= 11 is 0. The molecule has 0 unspecified atom stereocenters. The summed E-state index contributed by atoms with van der Waals surface area (Å²) in [5, 5.41) is 0.905. The second-order valence-electron chi connectivity index (χ2n) is 6.23. The molecule has 2 aromatic rings. The van der Waals surface area contributed by atoms with Gasteiger partial charge in [0.25, 0.3) is 0 Å². The Balaban J connectivity index is 2.10. The molecule has 136 valence electrons. The summed E-state index contributed by atoms with van der Waals surface area (Å²) < 4.78 is 10.9. The van der Waals surface area contributed by atoms with Crippen molar-refractivity contribution in [2.75, 3.05) is 0 Å². The fraction of sp³-hybridized carbons (Fsp3) is 0.500. The van der Waals surface area contributed by atoms with Crippen LogP contribution in [-0.4, -0.2) is 16.9 Å². The zero-order valence-electron chi connectivity index (χ0n) is 15.1. The molecule has 0 aliphatic heterocycles. The highest BCUT2D eigenvalue weighted by Gasteiger charge is 2.15. The van der Waals surface area contributed by atoms with E-state index >= 15 is 0 Å². The molecule has 0 atom stereocenters. The predicted octanol–water partition coefficient (Wildman–Crippen LogP) is 5.14. The number of carbonyl (C=O) groups is 2. The van der Waals surface area contributed by atoms with E-state index < -0.39 is 0 Å². The molecule has 0 aliphatic carbocycles. The van der Waals surface area contributed by atoms with Crippen molar-refractivity contribution < 1.29 is 19.1 Å². The molecule has 1 aromatic carbocycles. The minimum atomic E-state index is -0.303. The summed E-state index contributed by atoms with van der Waals surface area (Å²) in [5.74, 6) is -0.00742. The number of hydrogen-bond acceptors (Lipinski definition) is 4. The van der Waals surface area contributed by atoms with Gasteiger partial charge in [-0.05, 0) is 25.0 Å². The highest BCUT2D eigenvalue weighted by Crippen LogP contribution is 2.33. The van der Waals surface area contributed by atoms with E-state index in [1.165, 1.54) is 0 Å². The number of fused-ring (bicyclic) bond motifs is 1. The Morgan fingerprint density at radius 1 is 0.880 bits per heavy atom. The minimum absolute atomic E-state index is 0.292. The van der Waals surface area contributed by atoms with Crippen LogP contribution in [0.25, 0.3) is 10.9 Å². The molecule has 25 heavy (non-hydrogen) atoms. The molecule has 2 rings (SSSR count). The molecule has 0 radical (unpaired) electrons. The van der Waals surface area contributed by atoms with Crippen molar-refractivity contribution in [1.29, 1.82) is 0 Å². The van der Waals surface area contributed by atoms with Crippen LogP contribution in [0.15, 0.2) is 24.4 Å². The fourth-order valence-corrected chi connectivity index (χ4v) is 2.61. The maximum atomic E-state index is 12.0. The van der Waals surface area contributed by atoms with Crippen LogP contribution in [0.4, 0.5) is 0 Å². The van der Waals surface area contributed by atoms with Crippen LogP contribution in [0.5, 0.6) is 11.5 Å². The van der Waals surface area contributed by atoms with Gasteiger partial charge in [0, 0.05) is 36.0 Å². The van der Waals surface area contributed by atoms with Gasteiger partial charge in [0.15, 0.2) is 11.5 Å². The highest BCUT2D eigenvalue weighted by molar-refractivity contribution is 5.86. The highest BCUT2D eigenvalue weighted by atomic mass is 16.6. The van der Waals surface area contributed by atoms with E-state index in [-0.39, 0.29) is 11.9 Å². The smallest absolute Gasteiger partial charge is 0.311 e.